The number of halogens is 1. The number of hydrogen-bond acceptors (Lipinski definition) is 7. The Hall–Kier alpha value is -3.21. The number of carbonyl (C=O) groups excluding carboxylic acids is 2. The lowest BCUT2D eigenvalue weighted by Crippen LogP contribution is -2.42. The molecule has 3 rings (SSSR count). The van der Waals surface area contributed by atoms with Crippen molar-refractivity contribution >= 4 is 27.6 Å². The molecule has 2 aromatic rings. The first-order valence-corrected chi connectivity index (χ1v) is 15.4. The Labute approximate surface area is 236 Å². The van der Waals surface area contributed by atoms with Gasteiger partial charge in [-0.3, -0.25) is 9.52 Å². The molecule has 40 heavy (non-hydrogen) atoms. The van der Waals surface area contributed by atoms with Gasteiger partial charge in [0.1, 0.15) is 17.2 Å². The topological polar surface area (TPSA) is 115 Å². The van der Waals surface area contributed by atoms with Gasteiger partial charge in [-0.15, -0.1) is 0 Å². The van der Waals surface area contributed by atoms with E-state index in [0.717, 1.165) is 30.4 Å². The molecule has 1 unspecified atom stereocenters. The lowest BCUT2D eigenvalue weighted by atomic mass is 9.93. The standard InChI is InChI=1S/C29H40FN3O6S/c1-19-7-8-22(10-12-26(34)20(2)23-9-11-25(24(30)17-23)32-40(6,36)37)27(31-19)38-18-21-13-15-33(16-14-21)28(35)39-29(3,4)5/h7-9,11,17,20-21,32H,10,12-16,18H2,1-6H3. The number of pyridine rings is 1. The zero-order valence-corrected chi connectivity index (χ0v) is 24.9. The van der Waals surface area contributed by atoms with E-state index in [9.17, 15) is 22.4 Å². The van der Waals surface area contributed by atoms with E-state index >= 15 is 0 Å². The van der Waals surface area contributed by atoms with Gasteiger partial charge in [-0.1, -0.05) is 19.1 Å². The van der Waals surface area contributed by atoms with E-state index in [1.807, 2.05) is 39.8 Å². The lowest BCUT2D eigenvalue weighted by Gasteiger charge is -2.33. The Balaban J connectivity index is 1.55. The quantitative estimate of drug-likeness (QED) is 0.411. The number of likely N-dealkylation sites (tertiary alicyclic amines) is 1. The number of ketones is 1. The van der Waals surface area contributed by atoms with Crippen molar-refractivity contribution in [3.05, 3.63) is 53.0 Å². The first-order valence-electron chi connectivity index (χ1n) is 13.5. The molecule has 9 nitrogen and oxygen atoms in total. The van der Waals surface area contributed by atoms with Crippen LogP contribution in [-0.4, -0.2) is 61.7 Å². The molecular weight excluding hydrogens is 537 g/mol. The SMILES string of the molecule is Cc1ccc(CCC(=O)C(C)c2ccc(NS(C)(=O)=O)c(F)c2)c(OCC2CCN(C(=O)OC(C)(C)C)CC2)n1. The van der Waals surface area contributed by atoms with Crippen LogP contribution in [0, 0.1) is 18.7 Å². The molecule has 0 saturated carbocycles. The van der Waals surface area contributed by atoms with Gasteiger partial charge in [0.25, 0.3) is 0 Å². The zero-order chi connectivity index (χ0) is 29.7. The molecule has 1 saturated heterocycles. The molecule has 0 aliphatic carbocycles. The van der Waals surface area contributed by atoms with Crippen molar-refractivity contribution in [1.29, 1.82) is 0 Å². The van der Waals surface area contributed by atoms with E-state index in [0.29, 0.717) is 37.6 Å². The second kappa shape index (κ2) is 13.0. The summed E-state index contributed by atoms with van der Waals surface area (Å²) in [5.74, 6) is -0.621. The zero-order valence-electron chi connectivity index (χ0n) is 24.1. The van der Waals surface area contributed by atoms with Crippen LogP contribution in [0.1, 0.15) is 69.7 Å². The maximum atomic E-state index is 14.4. The van der Waals surface area contributed by atoms with Gasteiger partial charge in [0, 0.05) is 36.7 Å². The summed E-state index contributed by atoms with van der Waals surface area (Å²) in [7, 11) is -3.62. The third kappa shape index (κ3) is 9.46. The average molecular weight is 578 g/mol. The molecule has 220 valence electrons. The summed E-state index contributed by atoms with van der Waals surface area (Å²) in [5.41, 5.74) is 1.40. The molecule has 1 aromatic heterocycles. The monoisotopic (exact) mass is 577 g/mol. The summed E-state index contributed by atoms with van der Waals surface area (Å²) in [6.07, 6.45) is 2.87. The number of carbonyl (C=O) groups is 2. The molecule has 1 aliphatic rings. The van der Waals surface area contributed by atoms with Crippen molar-refractivity contribution in [2.75, 3.05) is 30.7 Å². The third-order valence-corrected chi connectivity index (χ3v) is 7.30. The second-order valence-electron chi connectivity index (χ2n) is 11.4. The Morgan fingerprint density at radius 3 is 2.45 bits per heavy atom. The molecule has 1 N–H and O–H groups in total. The molecule has 2 heterocycles. The number of rotatable bonds is 10. The van der Waals surface area contributed by atoms with Crippen LogP contribution in [-0.2, 0) is 26.0 Å². The highest BCUT2D eigenvalue weighted by atomic mass is 32.2. The van der Waals surface area contributed by atoms with E-state index in [1.165, 1.54) is 12.1 Å². The van der Waals surface area contributed by atoms with Crippen LogP contribution in [0.2, 0.25) is 0 Å². The van der Waals surface area contributed by atoms with Gasteiger partial charge in [0.2, 0.25) is 15.9 Å². The highest BCUT2D eigenvalue weighted by Crippen LogP contribution is 2.27. The van der Waals surface area contributed by atoms with Crippen LogP contribution in [0.25, 0.3) is 0 Å². The fraction of sp³-hybridized carbons (Fsp3) is 0.552. The average Bonchev–Trinajstić information content (AvgIpc) is 2.86. The van der Waals surface area contributed by atoms with Crippen LogP contribution in [0.4, 0.5) is 14.9 Å². The normalized spacial score (nSPS) is 15.4. The fourth-order valence-electron chi connectivity index (χ4n) is 4.43. The van der Waals surface area contributed by atoms with Crippen LogP contribution in [0.3, 0.4) is 0 Å². The summed E-state index contributed by atoms with van der Waals surface area (Å²) in [6, 6.07) is 7.84. The molecule has 1 fully saturated rings. The summed E-state index contributed by atoms with van der Waals surface area (Å²) < 4.78 is 50.9. The lowest BCUT2D eigenvalue weighted by molar-refractivity contribution is -0.120. The number of sulfonamides is 1. The molecule has 1 aliphatic heterocycles. The molecule has 1 amide bonds. The molecule has 1 aromatic carbocycles. The number of Topliss-reactive ketones (excluding diaryl/α,β-unsaturated/α-hetero) is 1. The highest BCUT2D eigenvalue weighted by molar-refractivity contribution is 7.92. The minimum absolute atomic E-state index is 0.0794. The highest BCUT2D eigenvalue weighted by Gasteiger charge is 2.27. The van der Waals surface area contributed by atoms with Crippen molar-refractivity contribution in [2.45, 2.75) is 71.8 Å². The number of anilines is 1. The Morgan fingerprint density at radius 1 is 1.18 bits per heavy atom. The van der Waals surface area contributed by atoms with E-state index < -0.39 is 27.4 Å². The van der Waals surface area contributed by atoms with Crippen molar-refractivity contribution in [3.63, 3.8) is 0 Å². The number of nitrogens with one attached hydrogen (secondary N) is 1. The Morgan fingerprint density at radius 2 is 1.85 bits per heavy atom. The Kier molecular flexibility index (Phi) is 10.2. The number of ether oxygens (including phenoxy) is 2. The van der Waals surface area contributed by atoms with E-state index in [4.69, 9.17) is 9.47 Å². The largest absolute Gasteiger partial charge is 0.477 e. The summed E-state index contributed by atoms with van der Waals surface area (Å²) in [5, 5.41) is 0. The van der Waals surface area contributed by atoms with Gasteiger partial charge in [0.15, 0.2) is 0 Å². The maximum absolute atomic E-state index is 14.4. The predicted molar refractivity (Wildman–Crippen MR) is 152 cm³/mol. The molecule has 0 bridgehead atoms. The minimum Gasteiger partial charge on any atom is -0.477 e. The summed E-state index contributed by atoms with van der Waals surface area (Å²) in [4.78, 5) is 31.6. The van der Waals surface area contributed by atoms with Crippen molar-refractivity contribution in [1.82, 2.24) is 9.88 Å². The second-order valence-corrected chi connectivity index (χ2v) is 13.2. The molecule has 1 atom stereocenters. The number of amides is 1. The van der Waals surface area contributed by atoms with Crippen molar-refractivity contribution in [3.8, 4) is 5.88 Å². The predicted octanol–water partition coefficient (Wildman–Crippen LogP) is 5.23. The van der Waals surface area contributed by atoms with Crippen LogP contribution in [0.15, 0.2) is 30.3 Å². The number of aryl methyl sites for hydroxylation is 2. The first-order chi connectivity index (χ1) is 18.6. The van der Waals surface area contributed by atoms with Gasteiger partial charge in [-0.05, 0) is 76.6 Å². The summed E-state index contributed by atoms with van der Waals surface area (Å²) in [6.45, 7) is 10.8. The van der Waals surface area contributed by atoms with Gasteiger partial charge in [0.05, 0.1) is 18.6 Å². The van der Waals surface area contributed by atoms with Gasteiger partial charge >= 0.3 is 6.09 Å². The minimum atomic E-state index is -3.62. The number of aromatic nitrogens is 1. The van der Waals surface area contributed by atoms with Crippen LogP contribution < -0.4 is 9.46 Å². The maximum Gasteiger partial charge on any atom is 0.410 e. The smallest absolute Gasteiger partial charge is 0.410 e. The van der Waals surface area contributed by atoms with Gasteiger partial charge in [-0.25, -0.2) is 22.6 Å². The van der Waals surface area contributed by atoms with E-state index in [-0.39, 0.29) is 29.9 Å². The number of benzene rings is 1. The van der Waals surface area contributed by atoms with Crippen LogP contribution in [0.5, 0.6) is 5.88 Å². The molecular formula is C29H40FN3O6S. The van der Waals surface area contributed by atoms with Crippen LogP contribution >= 0.6 is 0 Å². The molecule has 0 spiro atoms. The van der Waals surface area contributed by atoms with E-state index in [1.54, 1.807) is 17.9 Å². The van der Waals surface area contributed by atoms with Crippen molar-refractivity contribution in [2.24, 2.45) is 5.92 Å². The van der Waals surface area contributed by atoms with Gasteiger partial charge < -0.3 is 14.4 Å². The van der Waals surface area contributed by atoms with Gasteiger partial charge in [-0.2, -0.15) is 0 Å². The molecule has 11 heteroatoms. The summed E-state index contributed by atoms with van der Waals surface area (Å²) >= 11 is 0. The number of nitrogens with zero attached hydrogens (tertiary/aromatic N) is 2. The number of piperidine rings is 1. The molecule has 0 radical (unpaired) electrons. The Bertz CT molecular complexity index is 1320. The fourth-order valence-corrected chi connectivity index (χ4v) is 4.99. The van der Waals surface area contributed by atoms with E-state index in [2.05, 4.69) is 9.71 Å². The number of hydrogen-bond donors (Lipinski definition) is 1. The third-order valence-electron chi connectivity index (χ3n) is 6.71. The first kappa shape index (κ1) is 31.3. The van der Waals surface area contributed by atoms with Crippen molar-refractivity contribution < 1.29 is 31.9 Å².